The summed E-state index contributed by atoms with van der Waals surface area (Å²) < 4.78 is 5.44. The van der Waals surface area contributed by atoms with Crippen LogP contribution in [0, 0.1) is 5.92 Å². The van der Waals surface area contributed by atoms with Gasteiger partial charge in [0.25, 0.3) is 0 Å². The summed E-state index contributed by atoms with van der Waals surface area (Å²) in [5.74, 6) is -0.246. The number of likely N-dealkylation sites (tertiary alicyclic amines) is 1. The third-order valence-corrected chi connectivity index (χ3v) is 6.08. The molecule has 2 aliphatic rings. The zero-order valence-corrected chi connectivity index (χ0v) is 15.1. The maximum Gasteiger partial charge on any atom is 0.308 e. The van der Waals surface area contributed by atoms with Crippen molar-refractivity contribution in [3.8, 4) is 5.75 Å². The SMILES string of the molecule is COc1ccc2c(c1)C1(CCC2)CN(Cc2ccccc2)CC1C(=O)O. The van der Waals surface area contributed by atoms with Gasteiger partial charge in [-0.05, 0) is 48.1 Å². The lowest BCUT2D eigenvalue weighted by molar-refractivity contribution is -0.143. The van der Waals surface area contributed by atoms with Crippen LogP contribution >= 0.6 is 0 Å². The van der Waals surface area contributed by atoms with Crippen molar-refractivity contribution in [1.82, 2.24) is 4.90 Å². The van der Waals surface area contributed by atoms with Crippen molar-refractivity contribution >= 4 is 5.97 Å². The molecule has 0 bridgehead atoms. The van der Waals surface area contributed by atoms with Crippen LogP contribution in [0.5, 0.6) is 5.75 Å². The Morgan fingerprint density at radius 1 is 1.27 bits per heavy atom. The summed E-state index contributed by atoms with van der Waals surface area (Å²) in [7, 11) is 1.67. The normalized spacial score (nSPS) is 25.2. The molecule has 136 valence electrons. The summed E-state index contributed by atoms with van der Waals surface area (Å²) in [6.07, 6.45) is 2.99. The van der Waals surface area contributed by atoms with Crippen LogP contribution in [-0.2, 0) is 23.2 Å². The Labute approximate surface area is 154 Å². The van der Waals surface area contributed by atoms with E-state index >= 15 is 0 Å². The van der Waals surface area contributed by atoms with Crippen LogP contribution < -0.4 is 4.74 Å². The number of methoxy groups -OCH3 is 1. The number of rotatable bonds is 4. The maximum absolute atomic E-state index is 12.2. The minimum atomic E-state index is -0.684. The van der Waals surface area contributed by atoms with Crippen molar-refractivity contribution in [3.63, 3.8) is 0 Å². The van der Waals surface area contributed by atoms with E-state index in [9.17, 15) is 9.90 Å². The van der Waals surface area contributed by atoms with E-state index in [-0.39, 0.29) is 11.3 Å². The highest BCUT2D eigenvalue weighted by Gasteiger charge is 2.52. The molecule has 2 aromatic carbocycles. The first-order valence-corrected chi connectivity index (χ1v) is 9.29. The van der Waals surface area contributed by atoms with E-state index in [1.165, 1.54) is 16.7 Å². The molecule has 1 heterocycles. The maximum atomic E-state index is 12.2. The van der Waals surface area contributed by atoms with Crippen LogP contribution in [0.25, 0.3) is 0 Å². The molecule has 4 nitrogen and oxygen atoms in total. The van der Waals surface area contributed by atoms with Gasteiger partial charge in [-0.15, -0.1) is 0 Å². The van der Waals surface area contributed by atoms with Gasteiger partial charge in [0.15, 0.2) is 0 Å². The van der Waals surface area contributed by atoms with Gasteiger partial charge >= 0.3 is 5.97 Å². The first-order chi connectivity index (χ1) is 12.6. The largest absolute Gasteiger partial charge is 0.497 e. The van der Waals surface area contributed by atoms with Gasteiger partial charge < -0.3 is 9.84 Å². The van der Waals surface area contributed by atoms with E-state index in [1.807, 2.05) is 24.3 Å². The van der Waals surface area contributed by atoms with Crippen LogP contribution in [0.4, 0.5) is 0 Å². The molecular weight excluding hydrogens is 326 g/mol. The molecule has 1 aliphatic heterocycles. The number of ether oxygens (including phenoxy) is 1. The van der Waals surface area contributed by atoms with E-state index in [0.717, 1.165) is 38.1 Å². The average Bonchev–Trinajstić information content (AvgIpc) is 3.01. The zero-order chi connectivity index (χ0) is 18.1. The first-order valence-electron chi connectivity index (χ1n) is 9.29. The van der Waals surface area contributed by atoms with Gasteiger partial charge in [0, 0.05) is 25.0 Å². The molecule has 2 aromatic rings. The number of aliphatic carboxylic acids is 1. The highest BCUT2D eigenvalue weighted by Crippen LogP contribution is 2.48. The van der Waals surface area contributed by atoms with E-state index in [1.54, 1.807) is 7.11 Å². The van der Waals surface area contributed by atoms with Gasteiger partial charge in [-0.25, -0.2) is 0 Å². The molecule has 1 saturated heterocycles. The van der Waals surface area contributed by atoms with Crippen LogP contribution in [0.2, 0.25) is 0 Å². The fourth-order valence-corrected chi connectivity index (χ4v) is 4.90. The van der Waals surface area contributed by atoms with E-state index in [0.29, 0.717) is 6.54 Å². The number of aryl methyl sites for hydroxylation is 1. The fourth-order valence-electron chi connectivity index (χ4n) is 4.90. The summed E-state index contributed by atoms with van der Waals surface area (Å²) in [5, 5.41) is 10.0. The van der Waals surface area contributed by atoms with Gasteiger partial charge in [-0.1, -0.05) is 36.4 Å². The number of hydrogen-bond acceptors (Lipinski definition) is 3. The van der Waals surface area contributed by atoms with Crippen LogP contribution in [0.15, 0.2) is 48.5 Å². The second-order valence-corrected chi connectivity index (χ2v) is 7.58. The highest BCUT2D eigenvalue weighted by atomic mass is 16.5. The minimum absolute atomic E-state index is 0.317. The second-order valence-electron chi connectivity index (χ2n) is 7.58. The molecule has 0 radical (unpaired) electrons. The minimum Gasteiger partial charge on any atom is -0.497 e. The average molecular weight is 351 g/mol. The molecule has 4 heteroatoms. The Morgan fingerprint density at radius 2 is 2.08 bits per heavy atom. The Kier molecular flexibility index (Phi) is 4.45. The predicted molar refractivity (Wildman–Crippen MR) is 100 cm³/mol. The summed E-state index contributed by atoms with van der Waals surface area (Å²) >= 11 is 0. The van der Waals surface area contributed by atoms with E-state index < -0.39 is 5.97 Å². The van der Waals surface area contributed by atoms with Gasteiger partial charge in [-0.2, -0.15) is 0 Å². The molecule has 0 saturated carbocycles. The molecule has 2 unspecified atom stereocenters. The Balaban J connectivity index is 1.71. The smallest absolute Gasteiger partial charge is 0.308 e. The summed E-state index contributed by atoms with van der Waals surface area (Å²) in [6, 6.07) is 16.5. The van der Waals surface area contributed by atoms with Crippen molar-refractivity contribution in [2.75, 3.05) is 20.2 Å². The number of nitrogens with zero attached hydrogens (tertiary/aromatic N) is 1. The summed E-state index contributed by atoms with van der Waals surface area (Å²) in [4.78, 5) is 14.5. The lowest BCUT2D eigenvalue weighted by Gasteiger charge is -2.39. The van der Waals surface area contributed by atoms with Crippen molar-refractivity contribution < 1.29 is 14.6 Å². The molecule has 0 amide bonds. The van der Waals surface area contributed by atoms with Crippen molar-refractivity contribution in [1.29, 1.82) is 0 Å². The molecule has 4 rings (SSSR count). The number of carboxylic acids is 1. The Hall–Kier alpha value is -2.33. The number of carboxylic acid groups (broad SMARTS) is 1. The number of fused-ring (bicyclic) bond motifs is 2. The topological polar surface area (TPSA) is 49.8 Å². The fraction of sp³-hybridized carbons (Fsp3) is 0.409. The monoisotopic (exact) mass is 351 g/mol. The number of hydrogen-bond donors (Lipinski definition) is 1. The Bertz CT molecular complexity index is 804. The lowest BCUT2D eigenvalue weighted by atomic mass is 9.64. The summed E-state index contributed by atoms with van der Waals surface area (Å²) in [5.41, 5.74) is 3.38. The molecule has 1 fully saturated rings. The van der Waals surface area contributed by atoms with Gasteiger partial charge in [0.05, 0.1) is 13.0 Å². The third kappa shape index (κ3) is 2.88. The lowest BCUT2D eigenvalue weighted by Crippen LogP contribution is -2.42. The molecule has 2 atom stereocenters. The van der Waals surface area contributed by atoms with Crippen LogP contribution in [0.1, 0.15) is 29.5 Å². The quantitative estimate of drug-likeness (QED) is 0.916. The molecule has 0 aromatic heterocycles. The standard InChI is InChI=1S/C22H25NO3/c1-26-18-10-9-17-8-5-11-22(19(17)12-18)15-23(14-20(22)21(24)25)13-16-6-3-2-4-7-16/h2-4,6-7,9-10,12,20H,5,8,11,13-15H2,1H3,(H,24,25). The van der Waals surface area contributed by atoms with Crippen molar-refractivity contribution in [2.45, 2.75) is 31.2 Å². The molecule has 1 aliphatic carbocycles. The molecule has 1 N–H and O–H groups in total. The zero-order valence-electron chi connectivity index (χ0n) is 15.1. The molecule has 1 spiro atoms. The Morgan fingerprint density at radius 3 is 2.81 bits per heavy atom. The van der Waals surface area contributed by atoms with Gasteiger partial charge in [0.1, 0.15) is 5.75 Å². The van der Waals surface area contributed by atoms with Crippen LogP contribution in [0.3, 0.4) is 0 Å². The predicted octanol–water partition coefficient (Wildman–Crippen LogP) is 3.49. The summed E-state index contributed by atoms with van der Waals surface area (Å²) in [6.45, 7) is 2.19. The van der Waals surface area contributed by atoms with E-state index in [4.69, 9.17) is 4.74 Å². The number of benzene rings is 2. The van der Waals surface area contributed by atoms with Gasteiger partial charge in [-0.3, -0.25) is 9.69 Å². The number of carbonyl (C=O) groups is 1. The molecular formula is C22H25NO3. The van der Waals surface area contributed by atoms with Gasteiger partial charge in [0.2, 0.25) is 0 Å². The van der Waals surface area contributed by atoms with Crippen molar-refractivity contribution in [3.05, 3.63) is 65.2 Å². The van der Waals surface area contributed by atoms with E-state index in [2.05, 4.69) is 29.2 Å². The second kappa shape index (κ2) is 6.76. The highest BCUT2D eigenvalue weighted by molar-refractivity contribution is 5.74. The van der Waals surface area contributed by atoms with Crippen LogP contribution in [-0.4, -0.2) is 36.2 Å². The third-order valence-electron chi connectivity index (χ3n) is 6.08. The molecule has 26 heavy (non-hydrogen) atoms. The first kappa shape index (κ1) is 17.1. The van der Waals surface area contributed by atoms with Crippen molar-refractivity contribution in [2.24, 2.45) is 5.92 Å².